The number of aromatic hydroxyl groups is 1. The van der Waals surface area contributed by atoms with E-state index >= 15 is 0 Å². The van der Waals surface area contributed by atoms with Gasteiger partial charge in [0.05, 0.1) is 12.5 Å². The lowest BCUT2D eigenvalue weighted by Gasteiger charge is -2.06. The van der Waals surface area contributed by atoms with Crippen LogP contribution in [-0.4, -0.2) is 12.2 Å². The van der Waals surface area contributed by atoms with Crippen molar-refractivity contribution in [3.8, 4) is 11.5 Å². The Kier molecular flexibility index (Phi) is 3.92. The Morgan fingerprint density at radius 1 is 1.09 bits per heavy atom. The first-order chi connectivity index (χ1) is 10.7. The van der Waals surface area contributed by atoms with Crippen LogP contribution < -0.4 is 9.30 Å². The van der Waals surface area contributed by atoms with Crippen LogP contribution >= 0.6 is 0 Å². The highest BCUT2D eigenvalue weighted by molar-refractivity contribution is 5.88. The van der Waals surface area contributed by atoms with Crippen LogP contribution in [0.15, 0.2) is 54.9 Å². The molecule has 0 atom stereocenters. The summed E-state index contributed by atoms with van der Waals surface area (Å²) in [4.78, 5) is 0. The summed E-state index contributed by atoms with van der Waals surface area (Å²) in [6.45, 7) is 0.748. The largest absolute Gasteiger partial charge is 0.504 e. The fraction of sp³-hybridized carbons (Fsp3) is 0.167. The number of hydrogen-bond acceptors (Lipinski definition) is 2. The van der Waals surface area contributed by atoms with E-state index in [1.165, 1.54) is 19.2 Å². The van der Waals surface area contributed by atoms with Crippen molar-refractivity contribution in [1.82, 2.24) is 0 Å². The summed E-state index contributed by atoms with van der Waals surface area (Å²) in [5.41, 5.74) is 1.07. The Hall–Kier alpha value is -2.62. The average molecular weight is 298 g/mol. The van der Waals surface area contributed by atoms with Gasteiger partial charge in [-0.15, -0.1) is 0 Å². The number of halogens is 1. The summed E-state index contributed by atoms with van der Waals surface area (Å²) in [6, 6.07) is 12.1. The molecule has 0 bridgehead atoms. The highest BCUT2D eigenvalue weighted by Crippen LogP contribution is 2.33. The van der Waals surface area contributed by atoms with Gasteiger partial charge in [0.2, 0.25) is 0 Å². The van der Waals surface area contributed by atoms with Gasteiger partial charge in [-0.2, -0.15) is 0 Å². The van der Waals surface area contributed by atoms with E-state index in [4.69, 9.17) is 4.74 Å². The number of benzene rings is 2. The lowest BCUT2D eigenvalue weighted by molar-refractivity contribution is -0.695. The Morgan fingerprint density at radius 2 is 1.86 bits per heavy atom. The third-order valence-electron chi connectivity index (χ3n) is 3.75. The molecule has 0 fully saturated rings. The first-order valence-corrected chi connectivity index (χ1v) is 7.10. The number of nitrogens with zero attached hydrogens (tertiary/aromatic N) is 1. The second-order valence-electron chi connectivity index (χ2n) is 5.18. The van der Waals surface area contributed by atoms with Crippen LogP contribution in [0, 0.1) is 5.82 Å². The second kappa shape index (κ2) is 6.02. The van der Waals surface area contributed by atoms with E-state index < -0.39 is 0 Å². The zero-order chi connectivity index (χ0) is 15.5. The maximum absolute atomic E-state index is 12.9. The van der Waals surface area contributed by atoms with Gasteiger partial charge in [-0.1, -0.05) is 12.1 Å². The summed E-state index contributed by atoms with van der Waals surface area (Å²) in [6.07, 6.45) is 4.66. The number of aryl methyl sites for hydroxylation is 2. The molecule has 0 amide bonds. The van der Waals surface area contributed by atoms with E-state index in [0.29, 0.717) is 5.75 Å². The summed E-state index contributed by atoms with van der Waals surface area (Å²) in [5, 5.41) is 11.9. The van der Waals surface area contributed by atoms with Gasteiger partial charge in [0, 0.05) is 12.5 Å². The van der Waals surface area contributed by atoms with Crippen molar-refractivity contribution < 1.29 is 18.8 Å². The third-order valence-corrected chi connectivity index (χ3v) is 3.75. The van der Waals surface area contributed by atoms with Gasteiger partial charge in [-0.3, -0.25) is 0 Å². The number of fused-ring (bicyclic) bond motifs is 1. The maximum atomic E-state index is 12.9. The standard InChI is InChI=1S/C18H16FNO2/c1-22-17-7-4-14-9-11-20(12-16(14)18(17)21)10-8-13-2-5-15(19)6-3-13/h2-7,9,11-12H,8,10H2,1H3/p+1. The predicted octanol–water partition coefficient (Wildman–Crippen LogP) is 3.22. The van der Waals surface area contributed by atoms with Crippen LogP contribution in [0.2, 0.25) is 0 Å². The van der Waals surface area contributed by atoms with E-state index in [1.807, 2.05) is 29.1 Å². The molecule has 1 N–H and O–H groups in total. The van der Waals surface area contributed by atoms with Crippen LogP contribution in [0.5, 0.6) is 11.5 Å². The third kappa shape index (κ3) is 2.86. The monoisotopic (exact) mass is 298 g/mol. The minimum atomic E-state index is -0.223. The smallest absolute Gasteiger partial charge is 0.180 e. The van der Waals surface area contributed by atoms with Crippen molar-refractivity contribution in [3.63, 3.8) is 0 Å². The second-order valence-corrected chi connectivity index (χ2v) is 5.18. The highest BCUT2D eigenvalue weighted by atomic mass is 19.1. The van der Waals surface area contributed by atoms with E-state index in [2.05, 4.69) is 0 Å². The Bertz CT molecular complexity index is 800. The topological polar surface area (TPSA) is 33.3 Å². The molecular weight excluding hydrogens is 281 g/mol. The van der Waals surface area contributed by atoms with Crippen molar-refractivity contribution in [2.24, 2.45) is 0 Å². The number of aromatic nitrogens is 1. The average Bonchev–Trinajstić information content (AvgIpc) is 2.55. The fourth-order valence-electron chi connectivity index (χ4n) is 2.48. The van der Waals surface area contributed by atoms with Crippen molar-refractivity contribution in [2.45, 2.75) is 13.0 Å². The number of pyridine rings is 1. The molecule has 2 aromatic carbocycles. The number of hydrogen-bond donors (Lipinski definition) is 1. The summed E-state index contributed by atoms with van der Waals surface area (Å²) < 4.78 is 20.0. The van der Waals surface area contributed by atoms with Gasteiger partial charge in [0.15, 0.2) is 30.4 Å². The molecule has 112 valence electrons. The molecule has 0 spiro atoms. The number of rotatable bonds is 4. The molecule has 0 aliphatic rings. The van der Waals surface area contributed by atoms with E-state index in [9.17, 15) is 9.50 Å². The Morgan fingerprint density at radius 3 is 2.59 bits per heavy atom. The molecular formula is C18H17FNO2+. The Labute approximate surface area is 128 Å². The maximum Gasteiger partial charge on any atom is 0.180 e. The summed E-state index contributed by atoms with van der Waals surface area (Å²) in [7, 11) is 1.53. The first-order valence-electron chi connectivity index (χ1n) is 7.10. The van der Waals surface area contributed by atoms with Gasteiger partial charge < -0.3 is 9.84 Å². The number of ether oxygens (including phenoxy) is 1. The highest BCUT2D eigenvalue weighted by Gasteiger charge is 2.11. The first kappa shape index (κ1) is 14.3. The molecule has 0 saturated carbocycles. The van der Waals surface area contributed by atoms with Crippen LogP contribution in [-0.2, 0) is 13.0 Å². The summed E-state index contributed by atoms with van der Waals surface area (Å²) in [5.74, 6) is 0.388. The molecule has 22 heavy (non-hydrogen) atoms. The minimum absolute atomic E-state index is 0.149. The van der Waals surface area contributed by atoms with Crippen molar-refractivity contribution in [2.75, 3.05) is 7.11 Å². The lowest BCUT2D eigenvalue weighted by Crippen LogP contribution is -2.33. The minimum Gasteiger partial charge on any atom is -0.504 e. The molecule has 4 heteroatoms. The van der Waals surface area contributed by atoms with Gasteiger partial charge in [-0.25, -0.2) is 8.96 Å². The molecule has 0 saturated heterocycles. The van der Waals surface area contributed by atoms with E-state index in [-0.39, 0.29) is 11.6 Å². The van der Waals surface area contributed by atoms with Crippen molar-refractivity contribution >= 4 is 10.8 Å². The number of phenols is 1. The zero-order valence-electron chi connectivity index (χ0n) is 12.3. The molecule has 0 aliphatic carbocycles. The van der Waals surface area contributed by atoms with Crippen LogP contribution in [0.4, 0.5) is 4.39 Å². The predicted molar refractivity (Wildman–Crippen MR) is 82.5 cm³/mol. The van der Waals surface area contributed by atoms with E-state index in [0.717, 1.165) is 29.3 Å². The van der Waals surface area contributed by atoms with Crippen LogP contribution in [0.25, 0.3) is 10.8 Å². The fourth-order valence-corrected chi connectivity index (χ4v) is 2.48. The quantitative estimate of drug-likeness (QED) is 0.750. The van der Waals surface area contributed by atoms with Crippen LogP contribution in [0.3, 0.4) is 0 Å². The molecule has 0 aliphatic heterocycles. The van der Waals surface area contributed by atoms with E-state index in [1.54, 1.807) is 18.2 Å². The molecule has 0 radical (unpaired) electrons. The molecule has 3 rings (SSSR count). The van der Waals surface area contributed by atoms with Crippen molar-refractivity contribution in [1.29, 1.82) is 0 Å². The van der Waals surface area contributed by atoms with Crippen molar-refractivity contribution in [3.05, 3.63) is 66.2 Å². The lowest BCUT2D eigenvalue weighted by atomic mass is 10.1. The summed E-state index contributed by atoms with van der Waals surface area (Å²) >= 11 is 0. The zero-order valence-corrected chi connectivity index (χ0v) is 12.3. The van der Waals surface area contributed by atoms with Gasteiger partial charge in [0.1, 0.15) is 5.82 Å². The normalized spacial score (nSPS) is 10.8. The van der Waals surface area contributed by atoms with Gasteiger partial charge >= 0.3 is 0 Å². The van der Waals surface area contributed by atoms with Gasteiger partial charge in [0.25, 0.3) is 0 Å². The number of methoxy groups -OCH3 is 1. The molecule has 3 nitrogen and oxygen atoms in total. The van der Waals surface area contributed by atoms with Crippen LogP contribution in [0.1, 0.15) is 5.56 Å². The molecule has 1 aromatic heterocycles. The molecule has 3 aromatic rings. The molecule has 1 heterocycles. The van der Waals surface area contributed by atoms with Gasteiger partial charge in [-0.05, 0) is 35.2 Å². The number of phenolic OH excluding ortho intramolecular Hbond substituents is 1. The molecule has 0 unspecified atom stereocenters. The SMILES string of the molecule is COc1ccc2cc[n+](CCc3ccc(F)cc3)cc2c1O. The Balaban J connectivity index is 1.85.